The van der Waals surface area contributed by atoms with Crippen molar-refractivity contribution in [3.63, 3.8) is 0 Å². The van der Waals surface area contributed by atoms with Crippen LogP contribution < -0.4 is 0 Å². The maximum atomic E-state index is 2.26. The molecule has 0 heterocycles. The minimum Gasteiger partial charge on any atom is -0.151 e. The van der Waals surface area contributed by atoms with Crippen LogP contribution in [-0.2, 0) is 0 Å². The highest BCUT2D eigenvalue weighted by molar-refractivity contribution is 8.78. The van der Waals surface area contributed by atoms with Gasteiger partial charge in [-0.2, -0.15) is 11.8 Å². The minimum absolute atomic E-state index is 0.720. The quantitative estimate of drug-likeness (QED) is 0.504. The molecule has 0 rings (SSSR count). The fraction of sp³-hybridized carbons (Fsp3) is 1.00. The molecule has 0 aromatic carbocycles. The van der Waals surface area contributed by atoms with E-state index in [9.17, 15) is 0 Å². The van der Waals surface area contributed by atoms with Gasteiger partial charge in [0.25, 0.3) is 0 Å². The van der Waals surface area contributed by atoms with Crippen molar-refractivity contribution in [2.45, 2.75) is 23.0 Å². The Bertz CT molecular complexity index is 76.1. The molecular weight excluding hydrogens is 200 g/mol. The van der Waals surface area contributed by atoms with E-state index < -0.39 is 0 Å². The lowest BCUT2D eigenvalue weighted by atomic mass is 10.9. The summed E-state index contributed by atoms with van der Waals surface area (Å²) >= 11 is 3.95. The van der Waals surface area contributed by atoms with E-state index in [1.807, 2.05) is 45.1 Å². The summed E-state index contributed by atoms with van der Waals surface area (Å²) in [6.07, 6.45) is 4.29. The van der Waals surface area contributed by atoms with Crippen molar-refractivity contribution < 1.29 is 0 Å². The number of hydrogen-bond donors (Lipinski definition) is 0. The predicted molar refractivity (Wildman–Crippen MR) is 61.1 cm³/mol. The third-order valence-corrected chi connectivity index (χ3v) is 6.18. The summed E-state index contributed by atoms with van der Waals surface area (Å²) in [7, 11) is 3.79. The predicted octanol–water partition coefficient (Wildman–Crippen LogP) is 3.79. The van der Waals surface area contributed by atoms with Crippen molar-refractivity contribution in [3.05, 3.63) is 0 Å². The lowest BCUT2D eigenvalue weighted by Gasteiger charge is -2.12. The van der Waals surface area contributed by atoms with Gasteiger partial charge in [0, 0.05) is 4.58 Å². The maximum Gasteiger partial charge on any atom is 0.0588 e. The zero-order valence-electron chi connectivity index (χ0n) is 6.79. The molecule has 0 nitrogen and oxygen atoms in total. The average molecular weight is 214 g/mol. The molecule has 0 aliphatic carbocycles. The zero-order valence-corrected chi connectivity index (χ0v) is 10.1. The van der Waals surface area contributed by atoms with Gasteiger partial charge in [-0.3, -0.25) is 0 Å². The highest BCUT2D eigenvalue weighted by atomic mass is 33.1. The average Bonchev–Trinajstić information content (AvgIpc) is 1.88. The van der Waals surface area contributed by atoms with Crippen molar-refractivity contribution in [3.8, 4) is 0 Å². The molecule has 0 N–H and O–H groups in total. The molecule has 0 aromatic rings. The standard InChI is InChI=1S/C6H14S4/c1-5(7-3)9-6(2)10-8-4/h5-6H,1-4H3. The van der Waals surface area contributed by atoms with Gasteiger partial charge in [-0.05, 0) is 26.4 Å². The number of rotatable bonds is 5. The van der Waals surface area contributed by atoms with Gasteiger partial charge in [-0.25, -0.2) is 0 Å². The van der Waals surface area contributed by atoms with E-state index in [1.165, 1.54) is 0 Å². The molecule has 0 bridgehead atoms. The minimum atomic E-state index is 0.720. The van der Waals surface area contributed by atoms with Crippen molar-refractivity contribution in [1.29, 1.82) is 0 Å². The second-order valence-corrected chi connectivity index (χ2v) is 8.04. The van der Waals surface area contributed by atoms with E-state index in [2.05, 4.69) is 26.4 Å². The lowest BCUT2D eigenvalue weighted by Crippen LogP contribution is -1.94. The van der Waals surface area contributed by atoms with Crippen LogP contribution in [0.4, 0.5) is 0 Å². The Morgan fingerprint density at radius 3 is 2.00 bits per heavy atom. The van der Waals surface area contributed by atoms with Crippen molar-refractivity contribution in [2.24, 2.45) is 0 Å². The summed E-state index contributed by atoms with van der Waals surface area (Å²) in [6.45, 7) is 4.52. The Kier molecular flexibility index (Phi) is 8.06. The second-order valence-electron chi connectivity index (χ2n) is 1.77. The molecule has 0 saturated heterocycles. The topological polar surface area (TPSA) is 0 Å². The molecule has 62 valence electrons. The molecule has 0 aliphatic rings. The van der Waals surface area contributed by atoms with E-state index >= 15 is 0 Å². The molecule has 10 heavy (non-hydrogen) atoms. The largest absolute Gasteiger partial charge is 0.151 e. The summed E-state index contributed by atoms with van der Waals surface area (Å²) in [4.78, 5) is 0. The Morgan fingerprint density at radius 1 is 1.00 bits per heavy atom. The Hall–Kier alpha value is 1.40. The van der Waals surface area contributed by atoms with Gasteiger partial charge >= 0.3 is 0 Å². The van der Waals surface area contributed by atoms with Gasteiger partial charge in [0.2, 0.25) is 0 Å². The van der Waals surface area contributed by atoms with Crippen LogP contribution in [0.15, 0.2) is 0 Å². The molecule has 0 aromatic heterocycles. The molecule has 0 saturated carbocycles. The zero-order chi connectivity index (χ0) is 7.98. The number of hydrogen-bond acceptors (Lipinski definition) is 4. The van der Waals surface area contributed by atoms with Crippen LogP contribution in [0.3, 0.4) is 0 Å². The summed E-state index contributed by atoms with van der Waals surface area (Å²) in [5.74, 6) is 0. The molecule has 4 heteroatoms. The Labute approximate surface area is 80.5 Å². The first-order valence-electron chi connectivity index (χ1n) is 3.08. The van der Waals surface area contributed by atoms with Gasteiger partial charge in [0.15, 0.2) is 0 Å². The van der Waals surface area contributed by atoms with Crippen LogP contribution in [0, 0.1) is 0 Å². The van der Waals surface area contributed by atoms with Crippen LogP contribution in [-0.4, -0.2) is 21.7 Å². The van der Waals surface area contributed by atoms with Crippen LogP contribution in [0.5, 0.6) is 0 Å². The van der Waals surface area contributed by atoms with E-state index in [0.717, 1.165) is 9.16 Å². The lowest BCUT2D eigenvalue weighted by molar-refractivity contribution is 1.36. The van der Waals surface area contributed by atoms with E-state index in [0.29, 0.717) is 0 Å². The second kappa shape index (κ2) is 7.07. The summed E-state index contributed by atoms with van der Waals surface area (Å²) in [5.41, 5.74) is 0. The molecule has 2 atom stereocenters. The SMILES string of the molecule is CSSC(C)SC(C)SC. The molecule has 2 unspecified atom stereocenters. The van der Waals surface area contributed by atoms with Gasteiger partial charge in [-0.1, -0.05) is 21.6 Å². The first-order valence-corrected chi connectivity index (χ1v) is 7.93. The van der Waals surface area contributed by atoms with E-state index in [-0.39, 0.29) is 0 Å². The molecular formula is C6H14S4. The molecule has 0 aliphatic heterocycles. The van der Waals surface area contributed by atoms with Crippen molar-refractivity contribution in [2.75, 3.05) is 12.5 Å². The molecule has 0 amide bonds. The van der Waals surface area contributed by atoms with Crippen LogP contribution in [0.2, 0.25) is 0 Å². The third-order valence-electron chi connectivity index (χ3n) is 0.947. The first kappa shape index (κ1) is 11.4. The fourth-order valence-corrected chi connectivity index (χ4v) is 5.06. The number of thioether (sulfide) groups is 2. The van der Waals surface area contributed by atoms with Crippen LogP contribution in [0.25, 0.3) is 0 Å². The van der Waals surface area contributed by atoms with E-state index in [4.69, 9.17) is 0 Å². The van der Waals surface area contributed by atoms with Crippen molar-refractivity contribution >= 4 is 45.1 Å². The molecule has 0 radical (unpaired) electrons. The van der Waals surface area contributed by atoms with Gasteiger partial charge < -0.3 is 0 Å². The van der Waals surface area contributed by atoms with Gasteiger partial charge in [0.05, 0.1) is 4.58 Å². The highest BCUT2D eigenvalue weighted by Crippen LogP contribution is 2.36. The monoisotopic (exact) mass is 214 g/mol. The summed E-state index contributed by atoms with van der Waals surface area (Å²) in [6, 6.07) is 0. The fourth-order valence-electron chi connectivity index (χ4n) is 0.484. The van der Waals surface area contributed by atoms with Gasteiger partial charge in [-0.15, -0.1) is 11.8 Å². The third kappa shape index (κ3) is 6.13. The maximum absolute atomic E-state index is 2.26. The van der Waals surface area contributed by atoms with Crippen LogP contribution in [0.1, 0.15) is 13.8 Å². The molecule has 0 spiro atoms. The van der Waals surface area contributed by atoms with Crippen molar-refractivity contribution in [1.82, 2.24) is 0 Å². The normalized spacial score (nSPS) is 16.8. The summed E-state index contributed by atoms with van der Waals surface area (Å²) in [5, 5.41) is 0. The van der Waals surface area contributed by atoms with Crippen LogP contribution >= 0.6 is 45.1 Å². The highest BCUT2D eigenvalue weighted by Gasteiger charge is 2.06. The van der Waals surface area contributed by atoms with E-state index in [1.54, 1.807) is 0 Å². The molecule has 0 fully saturated rings. The summed E-state index contributed by atoms with van der Waals surface area (Å²) < 4.78 is 1.45. The Balaban J connectivity index is 3.27. The van der Waals surface area contributed by atoms with Gasteiger partial charge in [0.1, 0.15) is 0 Å². The Morgan fingerprint density at radius 2 is 1.60 bits per heavy atom. The first-order chi connectivity index (χ1) is 4.70. The smallest absolute Gasteiger partial charge is 0.0588 e.